The van der Waals surface area contributed by atoms with E-state index in [4.69, 9.17) is 0 Å². The number of hydrogen-bond donors (Lipinski definition) is 0. The van der Waals surface area contributed by atoms with Crippen molar-refractivity contribution >= 4 is 17.4 Å². The Morgan fingerprint density at radius 1 is 0.897 bits per heavy atom. The number of nitro groups is 1. The quantitative estimate of drug-likeness (QED) is 0.497. The van der Waals surface area contributed by atoms with Gasteiger partial charge in [0.25, 0.3) is 11.6 Å². The average Bonchev–Trinajstić information content (AvgIpc) is 2.79. The second-order valence-electron chi connectivity index (χ2n) is 6.60. The first-order valence-electron chi connectivity index (χ1n) is 9.14. The predicted octanol–water partition coefficient (Wildman–Crippen LogP) is 2.41. The summed E-state index contributed by atoms with van der Waals surface area (Å²) in [5.74, 6) is 0.643. The number of nitro benzene ring substituents is 1. The highest BCUT2D eigenvalue weighted by Crippen LogP contribution is 2.20. The van der Waals surface area contributed by atoms with Crippen LogP contribution in [0.15, 0.2) is 60.9 Å². The Morgan fingerprint density at radius 3 is 2.17 bits per heavy atom. The zero-order valence-corrected chi connectivity index (χ0v) is 15.5. The van der Waals surface area contributed by atoms with Crippen LogP contribution in [0.3, 0.4) is 0 Å². The van der Waals surface area contributed by atoms with E-state index >= 15 is 0 Å². The van der Waals surface area contributed by atoms with Crippen LogP contribution < -0.4 is 4.90 Å². The van der Waals surface area contributed by atoms with Gasteiger partial charge in [-0.3, -0.25) is 19.9 Å². The van der Waals surface area contributed by atoms with E-state index in [9.17, 15) is 14.9 Å². The van der Waals surface area contributed by atoms with E-state index < -0.39 is 4.92 Å². The Bertz CT molecular complexity index is 1000. The van der Waals surface area contributed by atoms with E-state index in [2.05, 4.69) is 20.1 Å². The van der Waals surface area contributed by atoms with Gasteiger partial charge in [-0.25, -0.2) is 0 Å². The van der Waals surface area contributed by atoms with Crippen molar-refractivity contribution < 1.29 is 9.72 Å². The molecule has 9 nitrogen and oxygen atoms in total. The van der Waals surface area contributed by atoms with Crippen LogP contribution in [-0.2, 0) is 0 Å². The molecule has 1 amide bonds. The standard InChI is InChI=1S/C20H18N6O3/c27-20(16-1-3-17(4-2-16)26(28)29)25-13-11-24(12-14-25)19-6-5-18(22-23-19)15-7-9-21-10-8-15/h1-10H,11-14H2. The fourth-order valence-corrected chi connectivity index (χ4v) is 3.22. The second-order valence-corrected chi connectivity index (χ2v) is 6.60. The number of piperazine rings is 1. The maximum absolute atomic E-state index is 12.6. The highest BCUT2D eigenvalue weighted by molar-refractivity contribution is 5.94. The van der Waals surface area contributed by atoms with Gasteiger partial charge < -0.3 is 9.80 Å². The average molecular weight is 390 g/mol. The van der Waals surface area contributed by atoms with Crippen LogP contribution in [-0.4, -0.2) is 57.1 Å². The molecule has 0 N–H and O–H groups in total. The molecule has 146 valence electrons. The molecule has 0 spiro atoms. The number of rotatable bonds is 4. The van der Waals surface area contributed by atoms with Gasteiger partial charge in [0, 0.05) is 61.8 Å². The van der Waals surface area contributed by atoms with Crippen molar-refractivity contribution in [2.75, 3.05) is 31.1 Å². The summed E-state index contributed by atoms with van der Waals surface area (Å²) in [5.41, 5.74) is 2.16. The van der Waals surface area contributed by atoms with Gasteiger partial charge in [-0.15, -0.1) is 10.2 Å². The molecule has 1 aliphatic rings. The maximum atomic E-state index is 12.6. The zero-order chi connectivity index (χ0) is 20.2. The van der Waals surface area contributed by atoms with Crippen molar-refractivity contribution in [3.05, 3.63) is 76.6 Å². The van der Waals surface area contributed by atoms with Crippen molar-refractivity contribution in [3.63, 3.8) is 0 Å². The van der Waals surface area contributed by atoms with Crippen LogP contribution in [0, 0.1) is 10.1 Å². The molecule has 29 heavy (non-hydrogen) atoms. The van der Waals surface area contributed by atoms with Crippen LogP contribution >= 0.6 is 0 Å². The summed E-state index contributed by atoms with van der Waals surface area (Å²) in [6, 6.07) is 13.3. The molecule has 2 aromatic heterocycles. The van der Waals surface area contributed by atoms with Gasteiger partial charge in [0.2, 0.25) is 0 Å². The highest BCUT2D eigenvalue weighted by atomic mass is 16.6. The molecule has 1 aliphatic heterocycles. The molecule has 0 bridgehead atoms. The summed E-state index contributed by atoms with van der Waals surface area (Å²) in [6.07, 6.45) is 3.43. The fourth-order valence-electron chi connectivity index (χ4n) is 3.22. The minimum atomic E-state index is -0.478. The second kappa shape index (κ2) is 8.01. The van der Waals surface area contributed by atoms with Crippen LogP contribution in [0.1, 0.15) is 10.4 Å². The molecule has 0 saturated carbocycles. The molecule has 1 aromatic carbocycles. The van der Waals surface area contributed by atoms with Crippen molar-refractivity contribution in [3.8, 4) is 11.3 Å². The van der Waals surface area contributed by atoms with E-state index in [0.717, 1.165) is 17.1 Å². The van der Waals surface area contributed by atoms with Crippen molar-refractivity contribution in [1.29, 1.82) is 0 Å². The molecule has 0 atom stereocenters. The van der Waals surface area contributed by atoms with Crippen molar-refractivity contribution in [1.82, 2.24) is 20.1 Å². The van der Waals surface area contributed by atoms with E-state index in [1.165, 1.54) is 24.3 Å². The molecule has 3 heterocycles. The first kappa shape index (κ1) is 18.5. The first-order valence-corrected chi connectivity index (χ1v) is 9.14. The Morgan fingerprint density at radius 2 is 1.59 bits per heavy atom. The van der Waals surface area contributed by atoms with Crippen LogP contribution in [0.25, 0.3) is 11.3 Å². The fraction of sp³-hybridized carbons (Fsp3) is 0.200. The monoisotopic (exact) mass is 390 g/mol. The van der Waals surface area contributed by atoms with Gasteiger partial charge >= 0.3 is 0 Å². The molecule has 0 unspecified atom stereocenters. The Labute approximate surface area is 166 Å². The molecule has 3 aromatic rings. The summed E-state index contributed by atoms with van der Waals surface area (Å²) < 4.78 is 0. The molecule has 0 aliphatic carbocycles. The summed E-state index contributed by atoms with van der Waals surface area (Å²) in [7, 11) is 0. The minimum Gasteiger partial charge on any atom is -0.352 e. The third-order valence-corrected chi connectivity index (χ3v) is 4.84. The third kappa shape index (κ3) is 4.03. The maximum Gasteiger partial charge on any atom is 0.269 e. The van der Waals surface area contributed by atoms with E-state index in [-0.39, 0.29) is 11.6 Å². The van der Waals surface area contributed by atoms with Gasteiger partial charge in [-0.2, -0.15) is 0 Å². The Balaban J connectivity index is 1.37. The van der Waals surface area contributed by atoms with Gasteiger partial charge in [0.1, 0.15) is 0 Å². The number of hydrogen-bond acceptors (Lipinski definition) is 7. The minimum absolute atomic E-state index is 0.0276. The number of benzene rings is 1. The van der Waals surface area contributed by atoms with Crippen LogP contribution in [0.2, 0.25) is 0 Å². The van der Waals surface area contributed by atoms with Gasteiger partial charge in [-0.05, 0) is 36.4 Å². The van der Waals surface area contributed by atoms with Crippen molar-refractivity contribution in [2.24, 2.45) is 0 Å². The lowest BCUT2D eigenvalue weighted by Gasteiger charge is -2.35. The third-order valence-electron chi connectivity index (χ3n) is 4.84. The molecule has 9 heteroatoms. The largest absolute Gasteiger partial charge is 0.352 e. The van der Waals surface area contributed by atoms with Crippen LogP contribution in [0.5, 0.6) is 0 Å². The lowest BCUT2D eigenvalue weighted by molar-refractivity contribution is -0.384. The number of carbonyl (C=O) groups is 1. The van der Waals surface area contributed by atoms with Gasteiger partial charge in [0.05, 0.1) is 10.6 Å². The predicted molar refractivity (Wildman–Crippen MR) is 106 cm³/mol. The van der Waals surface area contributed by atoms with Gasteiger partial charge in [0.15, 0.2) is 5.82 Å². The van der Waals surface area contributed by atoms with E-state index in [1.54, 1.807) is 17.3 Å². The Kier molecular flexibility index (Phi) is 5.10. The summed E-state index contributed by atoms with van der Waals surface area (Å²) in [4.78, 5) is 30.7. The lowest BCUT2D eigenvalue weighted by Crippen LogP contribution is -2.49. The topological polar surface area (TPSA) is 105 Å². The molecule has 1 saturated heterocycles. The molecular weight excluding hydrogens is 372 g/mol. The summed E-state index contributed by atoms with van der Waals surface area (Å²) >= 11 is 0. The molecule has 1 fully saturated rings. The SMILES string of the molecule is O=C(c1ccc([N+](=O)[O-])cc1)N1CCN(c2ccc(-c3ccncc3)nn2)CC1. The smallest absolute Gasteiger partial charge is 0.269 e. The molecular formula is C20H18N6O3. The zero-order valence-electron chi connectivity index (χ0n) is 15.5. The Hall–Kier alpha value is -3.88. The number of nitrogens with zero attached hydrogens (tertiary/aromatic N) is 6. The highest BCUT2D eigenvalue weighted by Gasteiger charge is 2.23. The molecule has 0 radical (unpaired) electrons. The number of amides is 1. The van der Waals surface area contributed by atoms with Gasteiger partial charge in [-0.1, -0.05) is 0 Å². The van der Waals surface area contributed by atoms with Crippen molar-refractivity contribution in [2.45, 2.75) is 0 Å². The normalized spacial score (nSPS) is 13.9. The summed E-state index contributed by atoms with van der Waals surface area (Å²) in [6.45, 7) is 2.37. The lowest BCUT2D eigenvalue weighted by atomic mass is 10.1. The van der Waals surface area contributed by atoms with E-state index in [0.29, 0.717) is 31.7 Å². The summed E-state index contributed by atoms with van der Waals surface area (Å²) in [5, 5.41) is 19.4. The number of anilines is 1. The number of aromatic nitrogens is 3. The van der Waals surface area contributed by atoms with E-state index in [1.807, 2.05) is 24.3 Å². The molecule has 4 rings (SSSR count). The number of carbonyl (C=O) groups excluding carboxylic acids is 1. The first-order chi connectivity index (χ1) is 14.1. The van der Waals surface area contributed by atoms with Crippen LogP contribution in [0.4, 0.5) is 11.5 Å². The number of pyridine rings is 1. The number of non-ortho nitro benzene ring substituents is 1.